The molecule has 0 amide bonds. The molecular formula is C24H50O3P3PdS+. The topological polar surface area (TPSA) is 35.5 Å². The molecule has 0 aromatic heterocycles. The predicted molar refractivity (Wildman–Crippen MR) is 151 cm³/mol. The molecule has 0 aliphatic carbocycles. The largest absolute Gasteiger partial charge is 0.780 e. The first-order chi connectivity index (χ1) is 14.4. The van der Waals surface area contributed by atoms with Gasteiger partial charge in [0, 0.05) is 20.4 Å². The molecule has 0 unspecified atom stereocenters. The standard InChI is InChI=1S/C6H13O3P.2C6H15P.C6H6S.Pd/c1-5(2)6(3,4)9-10(7)8-5;2*1-4-7(5-2)6-3;7-6-4-2-1-3-5-6;/h10H,1-4H3;2*4-6H2,1-3H3;1-5,7H;/p+1. The van der Waals surface area contributed by atoms with Crippen molar-refractivity contribution in [2.24, 2.45) is 0 Å². The summed E-state index contributed by atoms with van der Waals surface area (Å²) in [6.07, 6.45) is 8.74. The number of benzene rings is 1. The summed E-state index contributed by atoms with van der Waals surface area (Å²) in [5.41, 5.74) is -0.855. The summed E-state index contributed by atoms with van der Waals surface area (Å²) in [5.74, 6) is 0. The molecule has 1 aromatic rings. The minimum atomic E-state index is -2.22. The minimum absolute atomic E-state index is 0. The van der Waals surface area contributed by atoms with E-state index in [2.05, 4.69) is 41.5 Å². The maximum Gasteiger partial charge on any atom is 0.320 e. The van der Waals surface area contributed by atoms with E-state index in [4.69, 9.17) is 21.7 Å². The van der Waals surface area contributed by atoms with Crippen LogP contribution in [0.4, 0.5) is 0 Å². The first kappa shape index (κ1) is 37.7. The molecule has 194 valence electrons. The maximum absolute atomic E-state index is 10.8. The van der Waals surface area contributed by atoms with Gasteiger partial charge in [-0.2, -0.15) is 4.90 Å². The summed E-state index contributed by atoms with van der Waals surface area (Å²) in [6, 6.07) is 9.62. The van der Waals surface area contributed by atoms with Crippen molar-refractivity contribution in [2.45, 2.75) is 85.3 Å². The SMILES string of the molecule is CC1(C)O[PH](=O)OC1(C)C.CC[PH+](CC)CC.CC[PH+](CC)CC.[Pd].[S-]c1ccccc1. The van der Waals surface area contributed by atoms with Gasteiger partial charge < -0.3 is 21.7 Å². The van der Waals surface area contributed by atoms with E-state index in [0.29, 0.717) is 0 Å². The molecule has 0 atom stereocenters. The van der Waals surface area contributed by atoms with Crippen LogP contribution in [0.5, 0.6) is 0 Å². The molecule has 1 heterocycles. The molecule has 0 bridgehead atoms. The van der Waals surface area contributed by atoms with Gasteiger partial charge in [-0.3, -0.25) is 4.57 Å². The van der Waals surface area contributed by atoms with E-state index in [0.717, 1.165) is 4.90 Å². The number of hydrogen-bond donors (Lipinski definition) is 0. The van der Waals surface area contributed by atoms with Gasteiger partial charge in [0.15, 0.2) is 0 Å². The van der Waals surface area contributed by atoms with E-state index in [1.807, 2.05) is 58.0 Å². The van der Waals surface area contributed by atoms with E-state index in [1.165, 1.54) is 37.0 Å². The summed E-state index contributed by atoms with van der Waals surface area (Å²) >= 11 is 4.81. The van der Waals surface area contributed by atoms with Crippen molar-refractivity contribution in [3.05, 3.63) is 30.3 Å². The van der Waals surface area contributed by atoms with Crippen molar-refractivity contribution >= 4 is 36.7 Å². The second kappa shape index (κ2) is 21.4. The fraction of sp³-hybridized carbons (Fsp3) is 0.750. The summed E-state index contributed by atoms with van der Waals surface area (Å²) in [7, 11) is -1.95. The molecule has 2 rings (SSSR count). The van der Waals surface area contributed by atoms with E-state index < -0.39 is 19.5 Å². The molecule has 1 fully saturated rings. The molecule has 3 nitrogen and oxygen atoms in total. The third-order valence-corrected chi connectivity index (χ3v) is 13.5. The fourth-order valence-electron chi connectivity index (χ4n) is 2.60. The van der Waals surface area contributed by atoms with Crippen LogP contribution in [0.2, 0.25) is 0 Å². The monoisotopic (exact) mass is 617 g/mol. The Kier molecular flexibility index (Phi) is 25.2. The first-order valence-corrected chi connectivity index (χ1v) is 17.6. The molecule has 1 aromatic carbocycles. The summed E-state index contributed by atoms with van der Waals surface area (Å²) < 4.78 is 21.0. The van der Waals surface area contributed by atoms with Crippen LogP contribution in [0.25, 0.3) is 0 Å². The molecular weight excluding hydrogens is 568 g/mol. The fourth-order valence-corrected chi connectivity index (χ4v) is 7.13. The van der Waals surface area contributed by atoms with Crippen LogP contribution in [0.15, 0.2) is 35.2 Å². The Morgan fingerprint density at radius 1 is 0.719 bits per heavy atom. The van der Waals surface area contributed by atoms with Crippen molar-refractivity contribution in [3.8, 4) is 0 Å². The zero-order valence-corrected chi connectivity index (χ0v) is 27.4. The third kappa shape index (κ3) is 17.5. The van der Waals surface area contributed by atoms with Gasteiger partial charge >= 0.3 is 8.25 Å². The van der Waals surface area contributed by atoms with Gasteiger partial charge in [-0.25, -0.2) is 0 Å². The van der Waals surface area contributed by atoms with Gasteiger partial charge in [-0.1, -0.05) is 30.3 Å². The zero-order chi connectivity index (χ0) is 24.5. The second-order valence-electron chi connectivity index (χ2n) is 8.41. The minimum Gasteiger partial charge on any atom is -0.780 e. The molecule has 32 heavy (non-hydrogen) atoms. The van der Waals surface area contributed by atoms with Crippen LogP contribution in [0.3, 0.4) is 0 Å². The zero-order valence-electron chi connectivity index (χ0n) is 22.1. The molecule has 1 saturated heterocycles. The van der Waals surface area contributed by atoms with Crippen LogP contribution < -0.4 is 0 Å². The van der Waals surface area contributed by atoms with Gasteiger partial charge in [0.1, 0.15) is 11.2 Å². The van der Waals surface area contributed by atoms with Gasteiger partial charge in [0.2, 0.25) is 0 Å². The Bertz CT molecular complexity index is 526. The molecule has 1 aliphatic heterocycles. The number of hydrogen-bond acceptors (Lipinski definition) is 4. The summed E-state index contributed by atoms with van der Waals surface area (Å²) in [4.78, 5) is 0.905. The maximum atomic E-state index is 10.8. The van der Waals surface area contributed by atoms with E-state index >= 15 is 0 Å². The van der Waals surface area contributed by atoms with Gasteiger partial charge in [0.25, 0.3) is 0 Å². The average molecular weight is 618 g/mol. The molecule has 8 heteroatoms. The van der Waals surface area contributed by atoms with E-state index in [1.54, 1.807) is 0 Å². The first-order valence-electron chi connectivity index (χ1n) is 11.7. The smallest absolute Gasteiger partial charge is 0.320 e. The van der Waals surface area contributed by atoms with Crippen LogP contribution in [0, 0.1) is 0 Å². The van der Waals surface area contributed by atoms with Crippen LogP contribution >= 0.6 is 24.1 Å². The van der Waals surface area contributed by atoms with Crippen molar-refractivity contribution in [1.29, 1.82) is 0 Å². The van der Waals surface area contributed by atoms with Crippen LogP contribution in [-0.2, 0) is 46.7 Å². The van der Waals surface area contributed by atoms with Crippen molar-refractivity contribution in [3.63, 3.8) is 0 Å². The molecule has 0 spiro atoms. The Labute approximate surface area is 222 Å². The average Bonchev–Trinajstić information content (AvgIpc) is 2.91. The Morgan fingerprint density at radius 3 is 1.09 bits per heavy atom. The number of rotatable bonds is 6. The molecule has 1 aliphatic rings. The van der Waals surface area contributed by atoms with Crippen LogP contribution in [-0.4, -0.2) is 48.2 Å². The second-order valence-corrected chi connectivity index (χ2v) is 17.0. The normalized spacial score (nSPS) is 16.0. The molecule has 0 N–H and O–H groups in total. The van der Waals surface area contributed by atoms with E-state index in [9.17, 15) is 4.57 Å². The Hall–Kier alpha value is 1.11. The van der Waals surface area contributed by atoms with Gasteiger partial charge in [-0.05, 0) is 85.1 Å². The quantitative estimate of drug-likeness (QED) is 0.184. The van der Waals surface area contributed by atoms with Crippen LogP contribution in [0.1, 0.15) is 69.2 Å². The van der Waals surface area contributed by atoms with Crippen molar-refractivity contribution < 1.29 is 34.0 Å². The summed E-state index contributed by atoms with van der Waals surface area (Å²) in [5, 5.41) is 0. The predicted octanol–water partition coefficient (Wildman–Crippen LogP) is 8.09. The summed E-state index contributed by atoms with van der Waals surface area (Å²) in [6.45, 7) is 21.4. The Balaban J connectivity index is -0.000000352. The van der Waals surface area contributed by atoms with Crippen molar-refractivity contribution in [1.82, 2.24) is 0 Å². The Morgan fingerprint density at radius 2 is 1.00 bits per heavy atom. The van der Waals surface area contributed by atoms with E-state index in [-0.39, 0.29) is 36.3 Å². The van der Waals surface area contributed by atoms with Gasteiger partial charge in [0.05, 0.1) is 37.0 Å². The third-order valence-electron chi connectivity index (χ3n) is 5.87. The van der Waals surface area contributed by atoms with Crippen molar-refractivity contribution in [2.75, 3.05) is 37.0 Å². The molecule has 0 radical (unpaired) electrons. The van der Waals surface area contributed by atoms with Gasteiger partial charge in [-0.15, -0.1) is 0 Å². The molecule has 0 saturated carbocycles.